The van der Waals surface area contributed by atoms with Crippen molar-refractivity contribution in [3.63, 3.8) is 0 Å². The lowest BCUT2D eigenvalue weighted by Gasteiger charge is -2.04. The normalized spacial score (nSPS) is 53.4. The first-order chi connectivity index (χ1) is 4.01. The molecule has 0 saturated heterocycles. The van der Waals surface area contributed by atoms with Gasteiger partial charge in [0.25, 0.3) is 0 Å². The van der Waals surface area contributed by atoms with Gasteiger partial charge in [-0.3, -0.25) is 0 Å². The van der Waals surface area contributed by atoms with Crippen LogP contribution in [0, 0.1) is 5.92 Å². The van der Waals surface area contributed by atoms with Crippen LogP contribution in [0.3, 0.4) is 0 Å². The molecule has 0 amide bonds. The average Bonchev–Trinajstić information content (AvgIpc) is 1.79. The molecule has 1 N–H and O–H groups in total. The molecule has 1 nitrogen and oxygen atoms in total. The van der Waals surface area contributed by atoms with E-state index in [-0.39, 0.29) is 5.92 Å². The molecule has 0 aromatic rings. The van der Waals surface area contributed by atoms with Gasteiger partial charge in [-0.2, -0.15) is 0 Å². The molecular weight excluding hydrogens is 88.1 g/mol. The Kier molecular flexibility index (Phi) is 0.803. The van der Waals surface area contributed by atoms with Gasteiger partial charge in [0.2, 0.25) is 0 Å². The minimum Gasteiger partial charge on any atom is -0.393 e. The van der Waals surface area contributed by atoms with Crippen LogP contribution in [-0.2, 0) is 0 Å². The summed E-state index contributed by atoms with van der Waals surface area (Å²) >= 11 is 0. The smallest absolute Gasteiger partial charge is 0.0565 e. The quantitative estimate of drug-likeness (QED) is 0.486. The summed E-state index contributed by atoms with van der Waals surface area (Å²) in [4.78, 5) is 0. The van der Waals surface area contributed by atoms with Gasteiger partial charge in [0.05, 0.1) is 6.10 Å². The predicted molar refractivity (Wildman–Crippen MR) is 29.0 cm³/mol. The molecule has 1 heteroatoms. The molecule has 0 unspecified atom stereocenters. The van der Waals surface area contributed by atoms with E-state index >= 15 is 0 Å². The zero-order valence-corrected chi connectivity index (χ0v) is 4.52. The highest BCUT2D eigenvalue weighted by Gasteiger charge is 2.19. The fourth-order valence-electron chi connectivity index (χ4n) is 0.796. The summed E-state index contributed by atoms with van der Waals surface area (Å²) in [5.74, 6) is 0.139. The van der Waals surface area contributed by atoms with Crippen LogP contribution in [0.1, 0.15) is 28.9 Å². The Morgan fingerprint density at radius 1 is 1.71 bits per heavy atom. The molecule has 0 aromatic heterocycles. The second-order valence-electron chi connectivity index (χ2n) is 2.20. The second kappa shape index (κ2) is 1.83. The fourth-order valence-corrected chi connectivity index (χ4v) is 0.796. The maximum Gasteiger partial charge on any atom is 0.0565 e. The van der Waals surface area contributed by atoms with Gasteiger partial charge in [-0.1, -0.05) is 13.3 Å². The highest BCUT2D eigenvalue weighted by atomic mass is 16.3. The summed E-state index contributed by atoms with van der Waals surface area (Å²) in [6, 6.07) is 0. The van der Waals surface area contributed by atoms with E-state index in [1.54, 1.807) is 0 Å². The topological polar surface area (TPSA) is 20.2 Å². The van der Waals surface area contributed by atoms with Crippen LogP contribution in [0.25, 0.3) is 0 Å². The lowest BCUT2D eigenvalue weighted by atomic mass is 10.1. The largest absolute Gasteiger partial charge is 0.393 e. The van der Waals surface area contributed by atoms with Gasteiger partial charge < -0.3 is 5.11 Å². The van der Waals surface area contributed by atoms with Gasteiger partial charge in [0.1, 0.15) is 0 Å². The highest BCUT2D eigenvalue weighted by Crippen LogP contribution is 2.23. The van der Waals surface area contributed by atoms with Gasteiger partial charge >= 0.3 is 0 Å². The van der Waals surface area contributed by atoms with Crippen molar-refractivity contribution in [3.8, 4) is 0 Å². The van der Waals surface area contributed by atoms with Crippen LogP contribution in [0.15, 0.2) is 0 Å². The van der Waals surface area contributed by atoms with Crippen LogP contribution in [0.2, 0.25) is 0 Å². The Labute approximate surface area is 47.2 Å². The summed E-state index contributed by atoms with van der Waals surface area (Å²) in [5.41, 5.74) is 0. The van der Waals surface area contributed by atoms with Gasteiger partial charge in [0, 0.05) is 2.74 Å². The van der Waals surface area contributed by atoms with E-state index in [2.05, 4.69) is 0 Å². The Bertz CT molecular complexity index is 102. The summed E-state index contributed by atoms with van der Waals surface area (Å²) in [6.07, 6.45) is -0.707. The standard InChI is InChI=1S/C6H12O/c1-5-3-2-4-6(5)7/h5-7H,2-4H2,1H3/t5-,6+/m0/s1/i2D2. The second-order valence-corrected chi connectivity index (χ2v) is 2.20. The SMILES string of the molecule is [2H]C1([2H])C[C@@H](O)[C@@H](C)C1. The van der Waals surface area contributed by atoms with E-state index in [1.165, 1.54) is 0 Å². The molecule has 1 fully saturated rings. The van der Waals surface area contributed by atoms with Crippen LogP contribution in [0.4, 0.5) is 0 Å². The average molecular weight is 102 g/mol. The van der Waals surface area contributed by atoms with E-state index in [9.17, 15) is 0 Å². The van der Waals surface area contributed by atoms with Crippen LogP contribution in [0.5, 0.6) is 0 Å². The number of rotatable bonds is 0. The van der Waals surface area contributed by atoms with Crippen molar-refractivity contribution in [3.05, 3.63) is 0 Å². The first kappa shape index (κ1) is 3.08. The molecule has 0 aliphatic heterocycles. The summed E-state index contributed by atoms with van der Waals surface area (Å²) < 4.78 is 14.5. The van der Waals surface area contributed by atoms with Crippen molar-refractivity contribution in [2.45, 2.75) is 32.2 Å². The molecule has 1 aliphatic carbocycles. The summed E-state index contributed by atoms with van der Waals surface area (Å²) in [5, 5.41) is 9.09. The van der Waals surface area contributed by atoms with Crippen molar-refractivity contribution >= 4 is 0 Å². The molecular formula is C6H12O. The van der Waals surface area contributed by atoms with Crippen molar-refractivity contribution in [1.82, 2.24) is 0 Å². The molecule has 0 radical (unpaired) electrons. The van der Waals surface area contributed by atoms with Crippen molar-refractivity contribution < 1.29 is 7.85 Å². The van der Waals surface area contributed by atoms with Gasteiger partial charge in [-0.25, -0.2) is 0 Å². The third kappa shape index (κ3) is 0.942. The predicted octanol–water partition coefficient (Wildman–Crippen LogP) is 1.17. The summed E-state index contributed by atoms with van der Waals surface area (Å²) in [7, 11) is 0. The number of aliphatic hydroxyl groups excluding tert-OH is 1. The number of aliphatic hydroxyl groups is 1. The van der Waals surface area contributed by atoms with Crippen LogP contribution < -0.4 is 0 Å². The first-order valence-electron chi connectivity index (χ1n) is 3.69. The number of hydrogen-bond donors (Lipinski definition) is 1. The zero-order valence-electron chi connectivity index (χ0n) is 6.52. The van der Waals surface area contributed by atoms with Gasteiger partial charge in [0.15, 0.2) is 0 Å². The lowest BCUT2D eigenvalue weighted by Crippen LogP contribution is -2.07. The Hall–Kier alpha value is -0.0400. The Morgan fingerprint density at radius 2 is 2.43 bits per heavy atom. The van der Waals surface area contributed by atoms with Crippen molar-refractivity contribution in [2.75, 3.05) is 0 Å². The lowest BCUT2D eigenvalue weighted by molar-refractivity contribution is 0.141. The molecule has 0 heterocycles. The maximum absolute atomic E-state index is 9.09. The van der Waals surface area contributed by atoms with E-state index < -0.39 is 12.5 Å². The minimum absolute atomic E-state index is 0.139. The summed E-state index contributed by atoms with van der Waals surface area (Å²) in [6.45, 7) is 1.88. The molecule has 1 saturated carbocycles. The van der Waals surface area contributed by atoms with Crippen LogP contribution in [-0.4, -0.2) is 11.2 Å². The van der Waals surface area contributed by atoms with E-state index in [4.69, 9.17) is 7.85 Å². The molecule has 42 valence electrons. The monoisotopic (exact) mass is 102 g/mol. The molecule has 2 atom stereocenters. The maximum atomic E-state index is 9.09. The van der Waals surface area contributed by atoms with Gasteiger partial charge in [-0.15, -0.1) is 0 Å². The Balaban J connectivity index is 2.54. The van der Waals surface area contributed by atoms with Crippen LogP contribution >= 0.6 is 0 Å². The highest BCUT2D eigenvalue weighted by molar-refractivity contribution is 4.71. The third-order valence-electron chi connectivity index (χ3n) is 1.48. The molecule has 0 spiro atoms. The molecule has 1 rings (SSSR count). The minimum atomic E-state index is -1.11. The molecule has 7 heavy (non-hydrogen) atoms. The number of hydrogen-bond acceptors (Lipinski definition) is 1. The fraction of sp³-hybridized carbons (Fsp3) is 1.00. The Morgan fingerprint density at radius 3 is 2.57 bits per heavy atom. The molecule has 0 aromatic carbocycles. The molecule has 1 aliphatic rings. The van der Waals surface area contributed by atoms with E-state index in [0.717, 1.165) is 0 Å². The van der Waals surface area contributed by atoms with Crippen molar-refractivity contribution in [2.24, 2.45) is 5.92 Å². The van der Waals surface area contributed by atoms with Crippen molar-refractivity contribution in [1.29, 1.82) is 0 Å². The van der Waals surface area contributed by atoms with Gasteiger partial charge in [-0.05, 0) is 18.8 Å². The van der Waals surface area contributed by atoms with E-state index in [0.29, 0.717) is 12.8 Å². The zero-order chi connectivity index (χ0) is 7.07. The first-order valence-corrected chi connectivity index (χ1v) is 2.69. The molecule has 0 bridgehead atoms. The third-order valence-corrected chi connectivity index (χ3v) is 1.48. The van der Waals surface area contributed by atoms with E-state index in [1.807, 2.05) is 6.92 Å².